The molecule has 0 radical (unpaired) electrons. The number of amides is 1. The highest BCUT2D eigenvalue weighted by Crippen LogP contribution is 2.34. The van der Waals surface area contributed by atoms with Crippen molar-refractivity contribution in [2.45, 2.75) is 12.8 Å². The zero-order chi connectivity index (χ0) is 19.7. The normalized spacial score (nSPS) is 12.6. The summed E-state index contributed by atoms with van der Waals surface area (Å²) in [5.74, 6) is -1.02. The molecule has 1 amide bonds. The van der Waals surface area contributed by atoms with Crippen LogP contribution in [0.25, 0.3) is 11.3 Å². The van der Waals surface area contributed by atoms with Gasteiger partial charge in [0, 0.05) is 35.0 Å². The second kappa shape index (κ2) is 7.52. The first-order valence-corrected chi connectivity index (χ1v) is 9.00. The zero-order valence-corrected chi connectivity index (χ0v) is 15.4. The lowest BCUT2D eigenvalue weighted by atomic mass is 10.1. The van der Waals surface area contributed by atoms with Crippen molar-refractivity contribution >= 4 is 29.1 Å². The molecule has 0 saturated carbocycles. The van der Waals surface area contributed by atoms with Crippen LogP contribution in [0.3, 0.4) is 0 Å². The SMILES string of the molecule is O=C1Cc2cnc(NCCc3cc(F)cc(F)c3)nc2-c2ccc(Cl)cc2N1. The van der Waals surface area contributed by atoms with Crippen molar-refractivity contribution < 1.29 is 13.6 Å². The van der Waals surface area contributed by atoms with E-state index in [4.69, 9.17) is 11.6 Å². The third kappa shape index (κ3) is 3.94. The maximum absolute atomic E-state index is 13.3. The van der Waals surface area contributed by atoms with E-state index in [1.54, 1.807) is 24.4 Å². The Kier molecular flexibility index (Phi) is 4.92. The summed E-state index contributed by atoms with van der Waals surface area (Å²) in [6.07, 6.45) is 2.17. The van der Waals surface area contributed by atoms with Crippen molar-refractivity contribution in [1.82, 2.24) is 9.97 Å². The molecule has 0 saturated heterocycles. The topological polar surface area (TPSA) is 66.9 Å². The van der Waals surface area contributed by atoms with Crippen LogP contribution in [-0.2, 0) is 17.6 Å². The molecule has 5 nitrogen and oxygen atoms in total. The van der Waals surface area contributed by atoms with E-state index >= 15 is 0 Å². The molecule has 1 aliphatic heterocycles. The molecule has 2 heterocycles. The van der Waals surface area contributed by atoms with Crippen LogP contribution < -0.4 is 10.6 Å². The molecule has 4 rings (SSSR count). The van der Waals surface area contributed by atoms with E-state index in [2.05, 4.69) is 20.6 Å². The monoisotopic (exact) mass is 400 g/mol. The number of nitrogens with zero attached hydrogens (tertiary/aromatic N) is 2. The van der Waals surface area contributed by atoms with Crippen molar-refractivity contribution in [2.24, 2.45) is 0 Å². The van der Waals surface area contributed by atoms with Crippen LogP contribution in [0.15, 0.2) is 42.6 Å². The first-order chi connectivity index (χ1) is 13.5. The summed E-state index contributed by atoms with van der Waals surface area (Å²) in [6, 6.07) is 8.63. The highest BCUT2D eigenvalue weighted by atomic mass is 35.5. The summed E-state index contributed by atoms with van der Waals surface area (Å²) >= 11 is 6.04. The van der Waals surface area contributed by atoms with E-state index in [0.29, 0.717) is 46.4 Å². The number of fused-ring (bicyclic) bond motifs is 3. The minimum absolute atomic E-state index is 0.157. The average molecular weight is 401 g/mol. The predicted molar refractivity (Wildman–Crippen MR) is 103 cm³/mol. The number of benzene rings is 2. The lowest BCUT2D eigenvalue weighted by Gasteiger charge is -2.11. The van der Waals surface area contributed by atoms with Gasteiger partial charge in [0.05, 0.1) is 17.8 Å². The molecule has 2 aromatic carbocycles. The molecule has 0 aliphatic carbocycles. The Morgan fingerprint density at radius 2 is 1.93 bits per heavy atom. The van der Waals surface area contributed by atoms with Crippen molar-refractivity contribution in [3.63, 3.8) is 0 Å². The Morgan fingerprint density at radius 1 is 1.14 bits per heavy atom. The molecule has 2 N–H and O–H groups in total. The summed E-state index contributed by atoms with van der Waals surface area (Å²) in [6.45, 7) is 0.395. The Hall–Kier alpha value is -3.06. The quantitative estimate of drug-likeness (QED) is 0.688. The smallest absolute Gasteiger partial charge is 0.228 e. The van der Waals surface area contributed by atoms with Crippen LogP contribution in [0.1, 0.15) is 11.1 Å². The maximum Gasteiger partial charge on any atom is 0.228 e. The summed E-state index contributed by atoms with van der Waals surface area (Å²) < 4.78 is 26.6. The molecule has 28 heavy (non-hydrogen) atoms. The Morgan fingerprint density at radius 3 is 2.71 bits per heavy atom. The number of hydrogen-bond donors (Lipinski definition) is 2. The molecule has 1 aromatic heterocycles. The minimum Gasteiger partial charge on any atom is -0.354 e. The number of carbonyl (C=O) groups excluding carboxylic acids is 1. The standard InChI is InChI=1S/C20H15ClF2N4O/c21-13-1-2-16-17(8-13)26-18(28)7-12-10-25-20(27-19(12)16)24-4-3-11-5-14(22)9-15(23)6-11/h1-2,5-6,8-10H,3-4,7H2,(H,26,28)(H,24,25,27). The van der Waals surface area contributed by atoms with Gasteiger partial charge in [-0.3, -0.25) is 4.79 Å². The summed E-state index contributed by atoms with van der Waals surface area (Å²) in [5.41, 5.74) is 3.23. The number of aromatic nitrogens is 2. The molecule has 8 heteroatoms. The van der Waals surface area contributed by atoms with Gasteiger partial charge in [0.25, 0.3) is 0 Å². The molecular weight excluding hydrogens is 386 g/mol. The highest BCUT2D eigenvalue weighted by molar-refractivity contribution is 6.31. The molecule has 0 bridgehead atoms. The second-order valence-electron chi connectivity index (χ2n) is 6.44. The average Bonchev–Trinajstić information content (AvgIpc) is 2.75. The number of nitrogens with one attached hydrogen (secondary N) is 2. The Bertz CT molecular complexity index is 1050. The van der Waals surface area contributed by atoms with Gasteiger partial charge in [0.2, 0.25) is 11.9 Å². The van der Waals surface area contributed by atoms with E-state index < -0.39 is 11.6 Å². The molecule has 0 spiro atoms. The van der Waals surface area contributed by atoms with Crippen molar-refractivity contribution in [3.05, 3.63) is 70.4 Å². The van der Waals surface area contributed by atoms with E-state index in [1.165, 1.54) is 12.1 Å². The van der Waals surface area contributed by atoms with Gasteiger partial charge >= 0.3 is 0 Å². The number of hydrogen-bond acceptors (Lipinski definition) is 4. The van der Waals surface area contributed by atoms with Crippen molar-refractivity contribution in [1.29, 1.82) is 0 Å². The number of carbonyl (C=O) groups is 1. The molecule has 0 atom stereocenters. The summed E-state index contributed by atoms with van der Waals surface area (Å²) in [5, 5.41) is 6.39. The maximum atomic E-state index is 13.3. The van der Waals surface area contributed by atoms with Gasteiger partial charge in [-0.25, -0.2) is 18.7 Å². The van der Waals surface area contributed by atoms with Crippen LogP contribution in [0.2, 0.25) is 5.02 Å². The Balaban J connectivity index is 1.56. The summed E-state index contributed by atoms with van der Waals surface area (Å²) in [4.78, 5) is 20.9. The van der Waals surface area contributed by atoms with Gasteiger partial charge in [0.1, 0.15) is 11.6 Å². The first-order valence-electron chi connectivity index (χ1n) is 8.62. The fraction of sp³-hybridized carbons (Fsp3) is 0.150. The fourth-order valence-corrected chi connectivity index (χ4v) is 3.29. The molecule has 0 unspecified atom stereocenters. The third-order valence-electron chi connectivity index (χ3n) is 4.35. The van der Waals surface area contributed by atoms with Gasteiger partial charge in [-0.15, -0.1) is 0 Å². The molecular formula is C20H15ClF2N4O. The van der Waals surface area contributed by atoms with E-state index in [0.717, 1.165) is 11.6 Å². The summed E-state index contributed by atoms with van der Waals surface area (Å²) in [7, 11) is 0. The predicted octanol–water partition coefficient (Wildman–Crippen LogP) is 4.22. The van der Waals surface area contributed by atoms with E-state index in [-0.39, 0.29) is 12.3 Å². The van der Waals surface area contributed by atoms with Crippen molar-refractivity contribution in [2.75, 3.05) is 17.2 Å². The van der Waals surface area contributed by atoms with E-state index in [1.807, 2.05) is 0 Å². The minimum atomic E-state index is -0.608. The van der Waals surface area contributed by atoms with Gasteiger partial charge in [-0.05, 0) is 42.3 Å². The van der Waals surface area contributed by atoms with Gasteiger partial charge in [0.15, 0.2) is 0 Å². The van der Waals surface area contributed by atoms with Crippen LogP contribution >= 0.6 is 11.6 Å². The van der Waals surface area contributed by atoms with Gasteiger partial charge < -0.3 is 10.6 Å². The molecule has 3 aromatic rings. The van der Waals surface area contributed by atoms with Crippen molar-refractivity contribution in [3.8, 4) is 11.3 Å². The second-order valence-corrected chi connectivity index (χ2v) is 6.87. The van der Waals surface area contributed by atoms with E-state index in [9.17, 15) is 13.6 Å². The van der Waals surface area contributed by atoms with Crippen LogP contribution in [0.4, 0.5) is 20.4 Å². The number of anilines is 2. The molecule has 0 fully saturated rings. The zero-order valence-electron chi connectivity index (χ0n) is 14.6. The lowest BCUT2D eigenvalue weighted by Crippen LogP contribution is -2.13. The highest BCUT2D eigenvalue weighted by Gasteiger charge is 2.21. The first kappa shape index (κ1) is 18.3. The third-order valence-corrected chi connectivity index (χ3v) is 4.58. The van der Waals surface area contributed by atoms with Crippen LogP contribution in [0.5, 0.6) is 0 Å². The van der Waals surface area contributed by atoms with Crippen LogP contribution in [0, 0.1) is 11.6 Å². The van der Waals surface area contributed by atoms with Gasteiger partial charge in [-0.1, -0.05) is 11.6 Å². The fourth-order valence-electron chi connectivity index (χ4n) is 3.12. The largest absolute Gasteiger partial charge is 0.354 e. The van der Waals surface area contributed by atoms with Gasteiger partial charge in [-0.2, -0.15) is 0 Å². The molecule has 142 valence electrons. The number of rotatable bonds is 4. The molecule has 1 aliphatic rings. The van der Waals surface area contributed by atoms with Crippen LogP contribution in [-0.4, -0.2) is 22.4 Å². The Labute approximate surface area is 164 Å². The number of halogens is 3. The lowest BCUT2D eigenvalue weighted by molar-refractivity contribution is -0.115.